The monoisotopic (exact) mass is 392 g/mol. The van der Waals surface area contributed by atoms with Crippen molar-refractivity contribution in [3.05, 3.63) is 48.1 Å². The Kier molecular flexibility index (Phi) is 7.25. The molecule has 154 valence electrons. The third-order valence-electron chi connectivity index (χ3n) is 6.27. The van der Waals surface area contributed by atoms with Crippen molar-refractivity contribution in [2.24, 2.45) is 17.8 Å². The number of unbranched alkanes of at least 4 members (excludes halogenated alkanes) is 2. The Balaban J connectivity index is 1.48. The second-order valence-electron chi connectivity index (χ2n) is 8.27. The zero-order chi connectivity index (χ0) is 20.0. The molecular formula is C24H31F3O. The van der Waals surface area contributed by atoms with Gasteiger partial charge in [0.25, 0.3) is 0 Å². The van der Waals surface area contributed by atoms with Gasteiger partial charge < -0.3 is 4.74 Å². The van der Waals surface area contributed by atoms with Crippen LogP contribution in [0.15, 0.2) is 42.5 Å². The summed E-state index contributed by atoms with van der Waals surface area (Å²) in [7, 11) is 0. The molecule has 1 aromatic carbocycles. The molecule has 0 spiro atoms. The lowest BCUT2D eigenvalue weighted by Crippen LogP contribution is -2.21. The molecule has 0 aliphatic heterocycles. The van der Waals surface area contributed by atoms with Gasteiger partial charge in [0, 0.05) is 0 Å². The average molecular weight is 393 g/mol. The molecule has 0 aromatic heterocycles. The van der Waals surface area contributed by atoms with E-state index >= 15 is 0 Å². The van der Waals surface area contributed by atoms with E-state index in [0.29, 0.717) is 5.92 Å². The van der Waals surface area contributed by atoms with Gasteiger partial charge in [0.05, 0.1) is 0 Å². The molecule has 0 heterocycles. The van der Waals surface area contributed by atoms with Crippen molar-refractivity contribution in [3.8, 4) is 5.75 Å². The van der Waals surface area contributed by atoms with Crippen molar-refractivity contribution < 1.29 is 17.9 Å². The highest BCUT2D eigenvalue weighted by Crippen LogP contribution is 2.39. The molecule has 1 saturated carbocycles. The second kappa shape index (κ2) is 9.67. The van der Waals surface area contributed by atoms with Crippen molar-refractivity contribution in [2.75, 3.05) is 0 Å². The minimum Gasteiger partial charge on any atom is -0.406 e. The van der Waals surface area contributed by atoms with E-state index in [4.69, 9.17) is 0 Å². The molecule has 4 heteroatoms. The minimum absolute atomic E-state index is 0.176. The van der Waals surface area contributed by atoms with Gasteiger partial charge in [-0.2, -0.15) is 0 Å². The van der Waals surface area contributed by atoms with Gasteiger partial charge in [0.2, 0.25) is 0 Å². The summed E-state index contributed by atoms with van der Waals surface area (Å²) < 4.78 is 40.8. The van der Waals surface area contributed by atoms with Crippen LogP contribution in [0.5, 0.6) is 5.75 Å². The smallest absolute Gasteiger partial charge is 0.406 e. The third-order valence-corrected chi connectivity index (χ3v) is 6.27. The molecule has 0 radical (unpaired) electrons. The molecule has 0 saturated heterocycles. The van der Waals surface area contributed by atoms with Crippen LogP contribution >= 0.6 is 0 Å². The Hall–Kier alpha value is -1.71. The van der Waals surface area contributed by atoms with Gasteiger partial charge >= 0.3 is 6.36 Å². The molecule has 1 fully saturated rings. The summed E-state index contributed by atoms with van der Waals surface area (Å²) in [5.41, 5.74) is 2.02. The van der Waals surface area contributed by atoms with Crippen molar-refractivity contribution in [2.45, 2.75) is 71.1 Å². The van der Waals surface area contributed by atoms with Gasteiger partial charge in [-0.05, 0) is 60.3 Å². The number of benzene rings is 1. The predicted octanol–water partition coefficient (Wildman–Crippen LogP) is 7.93. The van der Waals surface area contributed by atoms with Crippen molar-refractivity contribution in [1.82, 2.24) is 0 Å². The van der Waals surface area contributed by atoms with E-state index in [-0.39, 0.29) is 5.75 Å². The summed E-state index contributed by atoms with van der Waals surface area (Å²) in [6.07, 6.45) is 13.9. The van der Waals surface area contributed by atoms with Gasteiger partial charge in [0.1, 0.15) is 5.75 Å². The first-order valence-corrected chi connectivity index (χ1v) is 10.7. The fraction of sp³-hybridized carbons (Fsp3) is 0.583. The Labute approximate surface area is 166 Å². The Bertz CT molecular complexity index is 664. The van der Waals surface area contributed by atoms with Crippen LogP contribution in [0.25, 0.3) is 5.57 Å². The van der Waals surface area contributed by atoms with Gasteiger partial charge in [-0.3, -0.25) is 0 Å². The van der Waals surface area contributed by atoms with Crippen LogP contribution in [0.3, 0.4) is 0 Å². The first-order valence-electron chi connectivity index (χ1n) is 10.7. The first-order chi connectivity index (χ1) is 13.4. The van der Waals surface area contributed by atoms with Crippen LogP contribution in [0.2, 0.25) is 0 Å². The summed E-state index contributed by atoms with van der Waals surface area (Å²) in [6.45, 7) is 2.26. The predicted molar refractivity (Wildman–Crippen MR) is 108 cm³/mol. The molecule has 2 aliphatic carbocycles. The van der Waals surface area contributed by atoms with Crippen LogP contribution < -0.4 is 4.74 Å². The fourth-order valence-corrected chi connectivity index (χ4v) is 4.64. The van der Waals surface area contributed by atoms with E-state index in [1.54, 1.807) is 12.1 Å². The summed E-state index contributed by atoms with van der Waals surface area (Å²) in [5, 5.41) is 0. The van der Waals surface area contributed by atoms with Gasteiger partial charge in [-0.25, -0.2) is 0 Å². The van der Waals surface area contributed by atoms with E-state index in [0.717, 1.165) is 29.4 Å². The van der Waals surface area contributed by atoms with Crippen LogP contribution in [-0.4, -0.2) is 6.36 Å². The highest BCUT2D eigenvalue weighted by atomic mass is 19.4. The number of allylic oxidation sites excluding steroid dienone is 4. The van der Waals surface area contributed by atoms with E-state index < -0.39 is 6.36 Å². The lowest BCUT2D eigenvalue weighted by atomic mass is 9.72. The topological polar surface area (TPSA) is 9.23 Å². The molecule has 28 heavy (non-hydrogen) atoms. The molecule has 1 aromatic rings. The van der Waals surface area contributed by atoms with Crippen LogP contribution in [0.1, 0.15) is 70.3 Å². The third kappa shape index (κ3) is 6.15. The maximum atomic E-state index is 12.3. The van der Waals surface area contributed by atoms with Crippen molar-refractivity contribution >= 4 is 5.57 Å². The maximum absolute atomic E-state index is 12.3. The molecule has 3 rings (SSSR count). The first kappa shape index (κ1) is 21.0. The lowest BCUT2D eigenvalue weighted by Gasteiger charge is -2.33. The van der Waals surface area contributed by atoms with E-state index in [1.807, 2.05) is 0 Å². The zero-order valence-electron chi connectivity index (χ0n) is 16.7. The molecule has 0 N–H and O–H groups in total. The van der Waals surface area contributed by atoms with Gasteiger partial charge in [-0.1, -0.05) is 75.8 Å². The van der Waals surface area contributed by atoms with Crippen LogP contribution in [0, 0.1) is 17.8 Å². The van der Waals surface area contributed by atoms with Crippen LogP contribution in [0.4, 0.5) is 13.2 Å². The SMILES string of the molecule is CCCCCC1CCC(C2C=CC(c3ccc(OC(F)(F)F)cc3)=CC2)CC1. The van der Waals surface area contributed by atoms with Gasteiger partial charge in [0.15, 0.2) is 0 Å². The number of ether oxygens (including phenoxy) is 1. The lowest BCUT2D eigenvalue weighted by molar-refractivity contribution is -0.274. The molecule has 0 bridgehead atoms. The Morgan fingerprint density at radius 2 is 1.71 bits per heavy atom. The van der Waals surface area contributed by atoms with E-state index in [9.17, 15) is 13.2 Å². The van der Waals surface area contributed by atoms with E-state index in [2.05, 4.69) is 29.9 Å². The zero-order valence-corrected chi connectivity index (χ0v) is 16.7. The number of hydrogen-bond donors (Lipinski definition) is 0. The quantitative estimate of drug-likeness (QED) is 0.428. The Morgan fingerprint density at radius 3 is 2.29 bits per heavy atom. The molecular weight excluding hydrogens is 361 g/mol. The van der Waals surface area contributed by atoms with Crippen molar-refractivity contribution in [1.29, 1.82) is 0 Å². The number of alkyl halides is 3. The molecule has 1 unspecified atom stereocenters. The second-order valence-corrected chi connectivity index (χ2v) is 8.27. The number of hydrogen-bond acceptors (Lipinski definition) is 1. The summed E-state index contributed by atoms with van der Waals surface area (Å²) in [5.74, 6) is 2.14. The summed E-state index contributed by atoms with van der Waals surface area (Å²) >= 11 is 0. The molecule has 2 aliphatic rings. The highest BCUT2D eigenvalue weighted by molar-refractivity contribution is 5.75. The average Bonchev–Trinajstić information content (AvgIpc) is 2.68. The largest absolute Gasteiger partial charge is 0.573 e. The number of halogens is 3. The molecule has 1 nitrogen and oxygen atoms in total. The van der Waals surface area contributed by atoms with E-state index in [1.165, 1.54) is 63.5 Å². The van der Waals surface area contributed by atoms with Gasteiger partial charge in [-0.15, -0.1) is 13.2 Å². The highest BCUT2D eigenvalue weighted by Gasteiger charge is 2.31. The van der Waals surface area contributed by atoms with Crippen LogP contribution in [-0.2, 0) is 0 Å². The molecule has 0 amide bonds. The standard InChI is InChI=1S/C24H31F3O/c1-2-3-4-5-18-6-8-19(9-7-18)20-10-12-21(13-11-20)22-14-16-23(17-15-22)28-24(25,26)27/h10,12-20H,2-9,11H2,1H3. The number of rotatable bonds is 7. The minimum atomic E-state index is -4.65. The summed E-state index contributed by atoms with van der Waals surface area (Å²) in [6, 6.07) is 6.14. The van der Waals surface area contributed by atoms with Crippen molar-refractivity contribution in [3.63, 3.8) is 0 Å². The normalized spacial score (nSPS) is 25.4. The fourth-order valence-electron chi connectivity index (χ4n) is 4.64. The summed E-state index contributed by atoms with van der Waals surface area (Å²) in [4.78, 5) is 0. The molecule has 1 atom stereocenters. The Morgan fingerprint density at radius 1 is 1.00 bits per heavy atom. The maximum Gasteiger partial charge on any atom is 0.573 e.